The summed E-state index contributed by atoms with van der Waals surface area (Å²) < 4.78 is 20.5. The number of methoxy groups -OCH3 is 3. The molecular formula is C19H24O6. The molecular weight excluding hydrogens is 324 g/mol. The first-order chi connectivity index (χ1) is 12.0. The van der Waals surface area contributed by atoms with Gasteiger partial charge in [0.15, 0.2) is 11.5 Å². The van der Waals surface area contributed by atoms with E-state index in [0.717, 1.165) is 12.0 Å². The van der Waals surface area contributed by atoms with Gasteiger partial charge < -0.3 is 18.9 Å². The summed E-state index contributed by atoms with van der Waals surface area (Å²) >= 11 is 0. The Morgan fingerprint density at radius 2 is 1.76 bits per heavy atom. The maximum absolute atomic E-state index is 11.8. The van der Waals surface area contributed by atoms with Crippen LogP contribution in [0.1, 0.15) is 24.5 Å². The fraction of sp³-hybridized carbons (Fsp3) is 0.368. The second-order valence-corrected chi connectivity index (χ2v) is 5.09. The van der Waals surface area contributed by atoms with Crippen molar-refractivity contribution in [2.75, 3.05) is 27.9 Å². The summed E-state index contributed by atoms with van der Waals surface area (Å²) in [6.45, 7) is 6.30. The van der Waals surface area contributed by atoms with Gasteiger partial charge in [0, 0.05) is 5.56 Å². The molecule has 0 aliphatic heterocycles. The Balaban J connectivity index is 3.46. The van der Waals surface area contributed by atoms with Gasteiger partial charge in [-0.2, -0.15) is 0 Å². The van der Waals surface area contributed by atoms with Crippen molar-refractivity contribution in [2.45, 2.75) is 19.8 Å². The monoisotopic (exact) mass is 348 g/mol. The number of carbonyl (C=O) groups excluding carboxylic acids is 2. The number of ether oxygens (including phenoxy) is 4. The first-order valence-electron chi connectivity index (χ1n) is 7.85. The second kappa shape index (κ2) is 10.2. The lowest BCUT2D eigenvalue weighted by Gasteiger charge is -2.15. The van der Waals surface area contributed by atoms with Crippen LogP contribution >= 0.6 is 0 Å². The maximum Gasteiger partial charge on any atom is 0.345 e. The van der Waals surface area contributed by atoms with E-state index in [-0.39, 0.29) is 5.57 Å². The molecule has 6 nitrogen and oxygen atoms in total. The van der Waals surface area contributed by atoms with E-state index < -0.39 is 11.9 Å². The third-order valence-electron chi connectivity index (χ3n) is 3.31. The van der Waals surface area contributed by atoms with E-state index in [9.17, 15) is 9.59 Å². The molecule has 0 saturated heterocycles. The first-order valence-corrected chi connectivity index (χ1v) is 7.85. The van der Waals surface area contributed by atoms with Crippen molar-refractivity contribution in [1.82, 2.24) is 0 Å². The highest BCUT2D eigenvalue weighted by Crippen LogP contribution is 2.34. The molecule has 0 fully saturated rings. The zero-order valence-corrected chi connectivity index (χ0v) is 15.1. The number of allylic oxidation sites excluding steroid dienone is 1. The maximum atomic E-state index is 11.8. The highest BCUT2D eigenvalue weighted by molar-refractivity contribution is 6.17. The summed E-state index contributed by atoms with van der Waals surface area (Å²) in [4.78, 5) is 23.7. The van der Waals surface area contributed by atoms with Gasteiger partial charge in [-0.25, -0.2) is 9.59 Å². The molecule has 0 aliphatic carbocycles. The molecule has 0 saturated carbocycles. The Kier molecular flexibility index (Phi) is 8.26. The number of carbonyl (C=O) groups is 2. The Morgan fingerprint density at radius 1 is 1.12 bits per heavy atom. The van der Waals surface area contributed by atoms with Crippen molar-refractivity contribution < 1.29 is 28.5 Å². The Bertz CT molecular complexity index is 642. The Hall–Kier alpha value is -2.76. The number of hydrogen-bond donors (Lipinski definition) is 0. The first kappa shape index (κ1) is 20.3. The summed E-state index contributed by atoms with van der Waals surface area (Å²) in [6.07, 6.45) is 4.54. The van der Waals surface area contributed by atoms with Crippen molar-refractivity contribution in [2.24, 2.45) is 0 Å². The molecule has 1 aromatic carbocycles. The van der Waals surface area contributed by atoms with Crippen molar-refractivity contribution in [1.29, 1.82) is 0 Å². The molecule has 1 aromatic rings. The zero-order valence-electron chi connectivity index (χ0n) is 15.1. The van der Waals surface area contributed by atoms with E-state index in [1.165, 1.54) is 27.4 Å². The number of rotatable bonds is 9. The minimum atomic E-state index is -0.776. The smallest absolute Gasteiger partial charge is 0.345 e. The van der Waals surface area contributed by atoms with E-state index in [0.29, 0.717) is 30.1 Å². The van der Waals surface area contributed by atoms with E-state index in [4.69, 9.17) is 9.47 Å². The minimum Gasteiger partial charge on any atom is -0.493 e. The Labute approximate surface area is 148 Å². The second-order valence-electron chi connectivity index (χ2n) is 5.09. The van der Waals surface area contributed by atoms with Crippen LogP contribution in [0.3, 0.4) is 0 Å². The third-order valence-corrected chi connectivity index (χ3v) is 3.31. The van der Waals surface area contributed by atoms with Gasteiger partial charge in [-0.15, -0.1) is 6.58 Å². The SMILES string of the molecule is C=CCc1cc(C=C(C(=O)OC)C(=O)OC)cc(OC)c1OCCC. The van der Waals surface area contributed by atoms with Gasteiger partial charge in [0.2, 0.25) is 0 Å². The van der Waals surface area contributed by atoms with Crippen LogP contribution < -0.4 is 9.47 Å². The standard InChI is InChI=1S/C19H24O6/c1-6-8-14-10-13(11-15(18(20)23-4)19(21)24-5)12-16(22-3)17(14)25-9-7-2/h6,10-12H,1,7-9H2,2-5H3. The van der Waals surface area contributed by atoms with Crippen LogP contribution in [0.5, 0.6) is 11.5 Å². The predicted octanol–water partition coefficient (Wildman–Crippen LogP) is 2.94. The number of hydrogen-bond acceptors (Lipinski definition) is 6. The van der Waals surface area contributed by atoms with Gasteiger partial charge in [0.25, 0.3) is 0 Å². The highest BCUT2D eigenvalue weighted by atomic mass is 16.5. The quantitative estimate of drug-likeness (QED) is 0.225. The summed E-state index contributed by atoms with van der Waals surface area (Å²) in [6, 6.07) is 3.49. The molecule has 1 rings (SSSR count). The van der Waals surface area contributed by atoms with Crippen LogP contribution in [0, 0.1) is 0 Å². The zero-order chi connectivity index (χ0) is 18.8. The lowest BCUT2D eigenvalue weighted by Crippen LogP contribution is -2.15. The average molecular weight is 348 g/mol. The molecule has 0 radical (unpaired) electrons. The minimum absolute atomic E-state index is 0.209. The molecule has 0 spiro atoms. The Morgan fingerprint density at radius 3 is 2.24 bits per heavy atom. The van der Waals surface area contributed by atoms with Gasteiger partial charge in [-0.3, -0.25) is 0 Å². The van der Waals surface area contributed by atoms with Crippen LogP contribution in [0.25, 0.3) is 6.08 Å². The van der Waals surface area contributed by atoms with Gasteiger partial charge in [0.05, 0.1) is 27.9 Å². The molecule has 6 heteroatoms. The van der Waals surface area contributed by atoms with Crippen molar-refractivity contribution in [3.63, 3.8) is 0 Å². The molecule has 0 heterocycles. The number of benzene rings is 1. The van der Waals surface area contributed by atoms with Crippen LogP contribution in [0.2, 0.25) is 0 Å². The van der Waals surface area contributed by atoms with Crippen LogP contribution in [0.4, 0.5) is 0 Å². The lowest BCUT2D eigenvalue weighted by molar-refractivity contribution is -0.143. The van der Waals surface area contributed by atoms with E-state index in [1.807, 2.05) is 6.92 Å². The average Bonchev–Trinajstić information content (AvgIpc) is 2.63. The van der Waals surface area contributed by atoms with Crippen LogP contribution in [-0.2, 0) is 25.5 Å². The fourth-order valence-corrected chi connectivity index (χ4v) is 2.18. The van der Waals surface area contributed by atoms with Crippen molar-refractivity contribution >= 4 is 18.0 Å². The summed E-state index contributed by atoms with van der Waals surface area (Å²) in [5.74, 6) is -0.419. The van der Waals surface area contributed by atoms with E-state index in [2.05, 4.69) is 16.1 Å². The van der Waals surface area contributed by atoms with Crippen LogP contribution in [-0.4, -0.2) is 39.9 Å². The molecule has 136 valence electrons. The topological polar surface area (TPSA) is 71.1 Å². The fourth-order valence-electron chi connectivity index (χ4n) is 2.18. The van der Waals surface area contributed by atoms with Crippen molar-refractivity contribution in [3.05, 3.63) is 41.5 Å². The number of esters is 2. The molecule has 0 unspecified atom stereocenters. The lowest BCUT2D eigenvalue weighted by atomic mass is 10.0. The van der Waals surface area contributed by atoms with E-state index >= 15 is 0 Å². The molecule has 0 aromatic heterocycles. The van der Waals surface area contributed by atoms with E-state index in [1.54, 1.807) is 18.2 Å². The molecule has 0 amide bonds. The predicted molar refractivity (Wildman–Crippen MR) is 94.7 cm³/mol. The molecule has 0 aliphatic rings. The summed E-state index contributed by atoms with van der Waals surface area (Å²) in [5, 5.41) is 0. The highest BCUT2D eigenvalue weighted by Gasteiger charge is 2.20. The van der Waals surface area contributed by atoms with Gasteiger partial charge in [-0.1, -0.05) is 13.0 Å². The molecule has 25 heavy (non-hydrogen) atoms. The van der Waals surface area contributed by atoms with Crippen molar-refractivity contribution in [3.8, 4) is 11.5 Å². The van der Waals surface area contributed by atoms with Gasteiger partial charge >= 0.3 is 11.9 Å². The normalized spacial score (nSPS) is 9.76. The summed E-state index contributed by atoms with van der Waals surface area (Å²) in [5.41, 5.74) is 1.21. The van der Waals surface area contributed by atoms with Gasteiger partial charge in [-0.05, 0) is 36.6 Å². The third kappa shape index (κ3) is 5.38. The summed E-state index contributed by atoms with van der Waals surface area (Å²) in [7, 11) is 3.93. The molecule has 0 bridgehead atoms. The van der Waals surface area contributed by atoms with Gasteiger partial charge in [0.1, 0.15) is 5.57 Å². The molecule has 0 N–H and O–H groups in total. The molecule has 0 atom stereocenters. The van der Waals surface area contributed by atoms with Crippen LogP contribution in [0.15, 0.2) is 30.4 Å². The largest absolute Gasteiger partial charge is 0.493 e.